The summed E-state index contributed by atoms with van der Waals surface area (Å²) in [5.41, 5.74) is 0.743. The molecule has 2 rings (SSSR count). The van der Waals surface area contributed by atoms with Gasteiger partial charge in [-0.3, -0.25) is 13.4 Å². The Morgan fingerprint density at radius 1 is 1.71 bits per heavy atom. The van der Waals surface area contributed by atoms with Gasteiger partial charge in [0.05, 0.1) is 17.9 Å². The number of fused-ring (bicyclic) bond motifs is 1. The van der Waals surface area contributed by atoms with Crippen LogP contribution in [0.25, 0.3) is 4.96 Å². The summed E-state index contributed by atoms with van der Waals surface area (Å²) in [5, 5.41) is 10.2. The van der Waals surface area contributed by atoms with E-state index in [-0.39, 0.29) is 11.7 Å². The van der Waals surface area contributed by atoms with Crippen LogP contribution in [-0.4, -0.2) is 29.9 Å². The number of hydrogen-bond acceptors (Lipinski definition) is 4. The quantitative estimate of drug-likeness (QED) is 0.895. The minimum absolute atomic E-state index is 0.0746. The number of nitrogens with zero attached hydrogens (tertiary/aromatic N) is 2. The number of hydrogen-bond donors (Lipinski definition) is 1. The molecule has 0 spiro atoms. The van der Waals surface area contributed by atoms with Gasteiger partial charge in [-0.2, -0.15) is 0 Å². The van der Waals surface area contributed by atoms with Gasteiger partial charge in [0.2, 0.25) is 0 Å². The van der Waals surface area contributed by atoms with Gasteiger partial charge in [0.25, 0.3) is 0 Å². The molecular formula is C10H12N2O3S2. The van der Waals surface area contributed by atoms with Crippen LogP contribution < -0.4 is 0 Å². The largest absolute Gasteiger partial charge is 0.481 e. The fourth-order valence-corrected chi connectivity index (χ4v) is 3.24. The third kappa shape index (κ3) is 2.92. The van der Waals surface area contributed by atoms with Crippen molar-refractivity contribution in [2.24, 2.45) is 0 Å². The van der Waals surface area contributed by atoms with Crippen molar-refractivity contribution in [2.45, 2.75) is 24.3 Å². The lowest BCUT2D eigenvalue weighted by Gasteiger charge is -2.06. The first-order chi connectivity index (χ1) is 8.06. The second-order valence-corrected chi connectivity index (χ2v) is 6.49. The monoisotopic (exact) mass is 272 g/mol. The zero-order chi connectivity index (χ0) is 12.4. The third-order valence-corrected chi connectivity index (χ3v) is 4.76. The maximum atomic E-state index is 11.8. The molecule has 0 bridgehead atoms. The van der Waals surface area contributed by atoms with Crippen LogP contribution in [0.2, 0.25) is 0 Å². The van der Waals surface area contributed by atoms with E-state index in [0.717, 1.165) is 10.7 Å². The van der Waals surface area contributed by atoms with Gasteiger partial charge < -0.3 is 5.11 Å². The lowest BCUT2D eigenvalue weighted by Crippen LogP contribution is -2.17. The number of thiazole rings is 1. The van der Waals surface area contributed by atoms with Crippen molar-refractivity contribution in [1.29, 1.82) is 0 Å². The van der Waals surface area contributed by atoms with Gasteiger partial charge >= 0.3 is 5.97 Å². The van der Waals surface area contributed by atoms with Crippen LogP contribution in [0, 0.1) is 0 Å². The molecule has 0 aliphatic carbocycles. The molecule has 17 heavy (non-hydrogen) atoms. The summed E-state index contributed by atoms with van der Waals surface area (Å²) in [7, 11) is -1.20. The normalized spacial score (nSPS) is 14.9. The summed E-state index contributed by atoms with van der Waals surface area (Å²) < 4.78 is 13.7. The molecule has 0 fully saturated rings. The number of aromatic nitrogens is 2. The topological polar surface area (TPSA) is 71.7 Å². The Morgan fingerprint density at radius 3 is 3.12 bits per heavy atom. The van der Waals surface area contributed by atoms with Crippen molar-refractivity contribution in [1.82, 2.24) is 9.38 Å². The van der Waals surface area contributed by atoms with Gasteiger partial charge in [-0.25, -0.2) is 4.98 Å². The first-order valence-electron chi connectivity index (χ1n) is 5.06. The van der Waals surface area contributed by atoms with E-state index >= 15 is 0 Å². The lowest BCUT2D eigenvalue weighted by molar-refractivity contribution is -0.136. The van der Waals surface area contributed by atoms with Crippen LogP contribution in [-0.2, 0) is 21.3 Å². The fraction of sp³-hybridized carbons (Fsp3) is 0.400. The second-order valence-electron chi connectivity index (χ2n) is 3.76. The molecule has 5 nitrogen and oxygen atoms in total. The molecule has 0 saturated carbocycles. The van der Waals surface area contributed by atoms with Crippen LogP contribution >= 0.6 is 11.3 Å². The molecule has 0 aromatic carbocycles. The van der Waals surface area contributed by atoms with Crippen molar-refractivity contribution in [2.75, 3.05) is 0 Å². The van der Waals surface area contributed by atoms with E-state index in [4.69, 9.17) is 5.11 Å². The molecule has 0 radical (unpaired) electrons. The van der Waals surface area contributed by atoms with Crippen molar-refractivity contribution in [3.63, 3.8) is 0 Å². The van der Waals surface area contributed by atoms with Crippen LogP contribution in [0.1, 0.15) is 19.0 Å². The van der Waals surface area contributed by atoms with Gasteiger partial charge in [-0.15, -0.1) is 11.3 Å². The molecular weight excluding hydrogens is 260 g/mol. The zero-order valence-electron chi connectivity index (χ0n) is 9.20. The van der Waals surface area contributed by atoms with E-state index in [1.54, 1.807) is 6.92 Å². The van der Waals surface area contributed by atoms with Gasteiger partial charge in [0, 0.05) is 33.8 Å². The van der Waals surface area contributed by atoms with E-state index in [1.165, 1.54) is 11.3 Å². The van der Waals surface area contributed by atoms with E-state index in [2.05, 4.69) is 4.98 Å². The lowest BCUT2D eigenvalue weighted by atomic mass is 10.3. The Hall–Kier alpha value is -1.21. The standard InChI is InChI=1S/C10H12N2O3S2/c1-7(4-9(13)14)17(15)6-8-5-12-2-3-16-10(12)11-8/h2-3,5,7H,4,6H2,1H3,(H,13,14). The average Bonchev–Trinajstić information content (AvgIpc) is 2.76. The first kappa shape index (κ1) is 12.3. The Bertz CT molecular complexity index is 532. The van der Waals surface area contributed by atoms with E-state index in [9.17, 15) is 9.00 Å². The maximum absolute atomic E-state index is 11.8. The predicted molar refractivity (Wildman–Crippen MR) is 66.6 cm³/mol. The number of rotatable bonds is 5. The average molecular weight is 272 g/mol. The fourth-order valence-electron chi connectivity index (χ4n) is 1.47. The van der Waals surface area contributed by atoms with Crippen molar-refractivity contribution < 1.29 is 14.1 Å². The van der Waals surface area contributed by atoms with Crippen molar-refractivity contribution in [3.05, 3.63) is 23.5 Å². The summed E-state index contributed by atoms with van der Waals surface area (Å²) in [4.78, 5) is 15.7. The van der Waals surface area contributed by atoms with Gasteiger partial charge in [-0.1, -0.05) is 6.92 Å². The van der Waals surface area contributed by atoms with Crippen molar-refractivity contribution in [3.8, 4) is 0 Å². The minimum Gasteiger partial charge on any atom is -0.481 e. The summed E-state index contributed by atoms with van der Waals surface area (Å²) in [5.74, 6) is -0.611. The molecule has 2 heterocycles. The summed E-state index contributed by atoms with van der Waals surface area (Å²) >= 11 is 1.51. The maximum Gasteiger partial charge on any atom is 0.304 e. The zero-order valence-corrected chi connectivity index (χ0v) is 10.8. The van der Waals surface area contributed by atoms with Gasteiger partial charge in [0.1, 0.15) is 0 Å². The third-order valence-electron chi connectivity index (χ3n) is 2.34. The number of carboxylic acids is 1. The molecule has 0 saturated heterocycles. The predicted octanol–water partition coefficient (Wildman–Crippen LogP) is 1.51. The highest BCUT2D eigenvalue weighted by Crippen LogP contribution is 2.14. The molecule has 2 unspecified atom stereocenters. The Balaban J connectivity index is 2.03. The first-order valence-corrected chi connectivity index (χ1v) is 7.32. The van der Waals surface area contributed by atoms with Gasteiger partial charge in [-0.05, 0) is 0 Å². The second kappa shape index (κ2) is 4.97. The van der Waals surface area contributed by atoms with E-state index in [0.29, 0.717) is 5.75 Å². The molecule has 0 aliphatic rings. The Labute approximate surface area is 105 Å². The molecule has 2 atom stereocenters. The highest BCUT2D eigenvalue weighted by molar-refractivity contribution is 7.84. The summed E-state index contributed by atoms with van der Waals surface area (Å²) in [6.07, 6.45) is 3.64. The smallest absolute Gasteiger partial charge is 0.304 e. The molecule has 1 N–H and O–H groups in total. The number of carboxylic acid groups (broad SMARTS) is 1. The highest BCUT2D eigenvalue weighted by Gasteiger charge is 2.16. The molecule has 92 valence electrons. The number of imidazole rings is 1. The van der Waals surface area contributed by atoms with E-state index in [1.807, 2.05) is 22.2 Å². The Morgan fingerprint density at radius 2 is 2.47 bits per heavy atom. The van der Waals surface area contributed by atoms with Crippen LogP contribution in [0.4, 0.5) is 0 Å². The van der Waals surface area contributed by atoms with E-state index < -0.39 is 16.8 Å². The summed E-state index contributed by atoms with van der Waals surface area (Å²) in [6, 6.07) is 0. The van der Waals surface area contributed by atoms with Gasteiger partial charge in [0.15, 0.2) is 4.96 Å². The molecule has 0 amide bonds. The van der Waals surface area contributed by atoms with Crippen molar-refractivity contribution >= 4 is 33.1 Å². The van der Waals surface area contributed by atoms with Crippen LogP contribution in [0.15, 0.2) is 17.8 Å². The number of aliphatic carboxylic acids is 1. The molecule has 0 aliphatic heterocycles. The van der Waals surface area contributed by atoms with Crippen LogP contribution in [0.3, 0.4) is 0 Å². The van der Waals surface area contributed by atoms with Crippen LogP contribution in [0.5, 0.6) is 0 Å². The highest BCUT2D eigenvalue weighted by atomic mass is 32.2. The molecule has 2 aromatic heterocycles. The summed E-state index contributed by atoms with van der Waals surface area (Å²) in [6.45, 7) is 1.68. The number of carbonyl (C=O) groups is 1. The Kier molecular flexibility index (Phi) is 3.58. The molecule has 2 aromatic rings. The minimum atomic E-state index is -1.20. The SMILES string of the molecule is CC(CC(=O)O)S(=O)Cc1cn2ccsc2n1. The molecule has 7 heteroatoms.